The molecular formula is C14H17BrN4. The Labute approximate surface area is 122 Å². The Morgan fingerprint density at radius 2 is 2.05 bits per heavy atom. The lowest BCUT2D eigenvalue weighted by atomic mass is 10.2. The minimum absolute atomic E-state index is 0.681. The lowest BCUT2D eigenvalue weighted by Gasteiger charge is -2.18. The quantitative estimate of drug-likeness (QED) is 0.939. The van der Waals surface area contributed by atoms with Gasteiger partial charge in [0.2, 0.25) is 0 Å². The van der Waals surface area contributed by atoms with E-state index in [0.717, 1.165) is 27.4 Å². The molecule has 0 aliphatic rings. The molecule has 0 unspecified atom stereocenters. The van der Waals surface area contributed by atoms with E-state index < -0.39 is 0 Å². The summed E-state index contributed by atoms with van der Waals surface area (Å²) in [4.78, 5) is 10.6. The number of hydrogen-bond donors (Lipinski definition) is 1. The number of halogens is 1. The first-order valence-corrected chi connectivity index (χ1v) is 6.85. The second kappa shape index (κ2) is 6.02. The van der Waals surface area contributed by atoms with E-state index >= 15 is 0 Å². The van der Waals surface area contributed by atoms with Crippen LogP contribution in [0.4, 0.5) is 11.4 Å². The molecule has 0 fully saturated rings. The highest BCUT2D eigenvalue weighted by Crippen LogP contribution is 2.28. The number of aromatic nitrogens is 2. The first-order valence-electron chi connectivity index (χ1n) is 6.05. The van der Waals surface area contributed by atoms with Crippen molar-refractivity contribution in [1.29, 1.82) is 0 Å². The Morgan fingerprint density at radius 1 is 1.26 bits per heavy atom. The van der Waals surface area contributed by atoms with Crippen LogP contribution >= 0.6 is 15.9 Å². The van der Waals surface area contributed by atoms with Crippen molar-refractivity contribution in [3.05, 3.63) is 46.5 Å². The number of nitrogens with one attached hydrogen (secondary N) is 1. The summed E-state index contributed by atoms with van der Waals surface area (Å²) < 4.78 is 1.06. The van der Waals surface area contributed by atoms with Crippen LogP contribution in [0.1, 0.15) is 11.5 Å². The second-order valence-corrected chi connectivity index (χ2v) is 5.42. The van der Waals surface area contributed by atoms with Gasteiger partial charge in [0.05, 0.1) is 23.6 Å². The maximum absolute atomic E-state index is 4.39. The second-order valence-electron chi connectivity index (χ2n) is 4.50. The molecule has 0 amide bonds. The number of rotatable bonds is 4. The molecule has 0 spiro atoms. The van der Waals surface area contributed by atoms with Crippen molar-refractivity contribution in [3.63, 3.8) is 0 Å². The molecule has 0 radical (unpaired) electrons. The molecule has 1 heterocycles. The van der Waals surface area contributed by atoms with Gasteiger partial charge in [-0.1, -0.05) is 15.9 Å². The standard InChI is InChI=1S/C14H17BrN4/c1-10-16-7-6-12(18-10)9-17-13-8-11(15)4-5-14(13)19(2)3/h4-8,17H,9H2,1-3H3. The summed E-state index contributed by atoms with van der Waals surface area (Å²) in [5.41, 5.74) is 3.21. The van der Waals surface area contributed by atoms with Crippen molar-refractivity contribution in [2.45, 2.75) is 13.5 Å². The lowest BCUT2D eigenvalue weighted by molar-refractivity contribution is 0.954. The molecule has 2 aromatic rings. The van der Waals surface area contributed by atoms with Crippen LogP contribution in [0.5, 0.6) is 0 Å². The van der Waals surface area contributed by atoms with Gasteiger partial charge in [-0.15, -0.1) is 0 Å². The molecule has 1 aromatic carbocycles. The van der Waals surface area contributed by atoms with Gasteiger partial charge < -0.3 is 10.2 Å². The Hall–Kier alpha value is -1.62. The Kier molecular flexibility index (Phi) is 4.37. The van der Waals surface area contributed by atoms with Crippen LogP contribution < -0.4 is 10.2 Å². The predicted octanol–water partition coefficient (Wildman–Crippen LogP) is 3.23. The zero-order valence-electron chi connectivity index (χ0n) is 11.3. The molecule has 4 nitrogen and oxygen atoms in total. The number of benzene rings is 1. The van der Waals surface area contributed by atoms with Crippen LogP contribution in [0.25, 0.3) is 0 Å². The molecule has 0 aliphatic carbocycles. The van der Waals surface area contributed by atoms with E-state index in [1.54, 1.807) is 6.20 Å². The van der Waals surface area contributed by atoms with Gasteiger partial charge in [0, 0.05) is 24.8 Å². The summed E-state index contributed by atoms with van der Waals surface area (Å²) in [6.07, 6.45) is 1.78. The highest BCUT2D eigenvalue weighted by Gasteiger charge is 2.05. The largest absolute Gasteiger partial charge is 0.378 e. The molecule has 0 saturated carbocycles. The molecule has 0 aliphatic heterocycles. The highest BCUT2D eigenvalue weighted by molar-refractivity contribution is 9.10. The molecule has 5 heteroatoms. The average molecular weight is 321 g/mol. The fourth-order valence-electron chi connectivity index (χ4n) is 1.83. The fraction of sp³-hybridized carbons (Fsp3) is 0.286. The molecular weight excluding hydrogens is 304 g/mol. The number of nitrogens with zero attached hydrogens (tertiary/aromatic N) is 3. The van der Waals surface area contributed by atoms with Gasteiger partial charge in [0.15, 0.2) is 0 Å². The number of anilines is 2. The first-order chi connectivity index (χ1) is 9.06. The minimum atomic E-state index is 0.681. The minimum Gasteiger partial charge on any atom is -0.378 e. The monoisotopic (exact) mass is 320 g/mol. The number of hydrogen-bond acceptors (Lipinski definition) is 4. The third kappa shape index (κ3) is 3.67. The third-order valence-electron chi connectivity index (χ3n) is 2.73. The SMILES string of the molecule is Cc1nccc(CNc2cc(Br)ccc2N(C)C)n1. The van der Waals surface area contributed by atoms with Crippen LogP contribution in [-0.2, 0) is 6.54 Å². The molecule has 0 bridgehead atoms. The maximum atomic E-state index is 4.39. The van der Waals surface area contributed by atoms with Crippen molar-refractivity contribution >= 4 is 27.3 Å². The van der Waals surface area contributed by atoms with Gasteiger partial charge in [0.25, 0.3) is 0 Å². The van der Waals surface area contributed by atoms with Gasteiger partial charge in [-0.05, 0) is 31.2 Å². The number of aryl methyl sites for hydroxylation is 1. The Bertz CT molecular complexity index is 569. The molecule has 0 saturated heterocycles. The van der Waals surface area contributed by atoms with E-state index in [9.17, 15) is 0 Å². The van der Waals surface area contributed by atoms with Crippen molar-refractivity contribution < 1.29 is 0 Å². The summed E-state index contributed by atoms with van der Waals surface area (Å²) >= 11 is 3.50. The van der Waals surface area contributed by atoms with Crippen LogP contribution in [0.3, 0.4) is 0 Å². The molecule has 19 heavy (non-hydrogen) atoms. The zero-order valence-corrected chi connectivity index (χ0v) is 12.9. The van der Waals surface area contributed by atoms with Crippen LogP contribution in [0.15, 0.2) is 34.9 Å². The zero-order chi connectivity index (χ0) is 13.8. The molecule has 2 rings (SSSR count). The van der Waals surface area contributed by atoms with Crippen molar-refractivity contribution in [2.75, 3.05) is 24.3 Å². The van der Waals surface area contributed by atoms with E-state index in [-0.39, 0.29) is 0 Å². The molecule has 0 atom stereocenters. The van der Waals surface area contributed by atoms with E-state index in [4.69, 9.17) is 0 Å². The maximum Gasteiger partial charge on any atom is 0.125 e. The molecule has 1 N–H and O–H groups in total. The van der Waals surface area contributed by atoms with Gasteiger partial charge in [-0.25, -0.2) is 9.97 Å². The third-order valence-corrected chi connectivity index (χ3v) is 3.23. The summed E-state index contributed by atoms with van der Waals surface area (Å²) in [5, 5.41) is 3.42. The first kappa shape index (κ1) is 13.8. The molecule has 100 valence electrons. The summed E-state index contributed by atoms with van der Waals surface area (Å²) in [6.45, 7) is 2.58. The van der Waals surface area contributed by atoms with Crippen molar-refractivity contribution in [2.24, 2.45) is 0 Å². The van der Waals surface area contributed by atoms with Gasteiger partial charge in [0.1, 0.15) is 5.82 Å². The predicted molar refractivity (Wildman–Crippen MR) is 82.6 cm³/mol. The van der Waals surface area contributed by atoms with Gasteiger partial charge in [-0.3, -0.25) is 0 Å². The van der Waals surface area contributed by atoms with E-state index in [1.165, 1.54) is 0 Å². The van der Waals surface area contributed by atoms with Crippen molar-refractivity contribution in [1.82, 2.24) is 9.97 Å². The Morgan fingerprint density at radius 3 is 2.74 bits per heavy atom. The summed E-state index contributed by atoms with van der Waals surface area (Å²) in [5.74, 6) is 0.793. The van der Waals surface area contributed by atoms with Crippen LogP contribution in [0, 0.1) is 6.92 Å². The van der Waals surface area contributed by atoms with E-state index in [2.05, 4.69) is 48.2 Å². The van der Waals surface area contributed by atoms with Crippen LogP contribution in [0.2, 0.25) is 0 Å². The lowest BCUT2D eigenvalue weighted by Crippen LogP contribution is -2.12. The topological polar surface area (TPSA) is 41.1 Å². The van der Waals surface area contributed by atoms with Crippen molar-refractivity contribution in [3.8, 4) is 0 Å². The van der Waals surface area contributed by atoms with Gasteiger partial charge in [-0.2, -0.15) is 0 Å². The van der Waals surface area contributed by atoms with Crippen LogP contribution in [-0.4, -0.2) is 24.1 Å². The van der Waals surface area contributed by atoms with Gasteiger partial charge >= 0.3 is 0 Å². The fourth-order valence-corrected chi connectivity index (χ4v) is 2.19. The van der Waals surface area contributed by atoms with E-state index in [1.807, 2.05) is 33.2 Å². The Balaban J connectivity index is 2.17. The van der Waals surface area contributed by atoms with E-state index in [0.29, 0.717) is 6.54 Å². The molecule has 1 aromatic heterocycles. The average Bonchev–Trinajstić information content (AvgIpc) is 2.36. The summed E-state index contributed by atoms with van der Waals surface area (Å²) in [6, 6.07) is 8.11. The summed E-state index contributed by atoms with van der Waals surface area (Å²) in [7, 11) is 4.06. The normalized spacial score (nSPS) is 10.3. The highest BCUT2D eigenvalue weighted by atomic mass is 79.9. The smallest absolute Gasteiger partial charge is 0.125 e.